The topological polar surface area (TPSA) is 29.9 Å². The summed E-state index contributed by atoms with van der Waals surface area (Å²) in [5.41, 5.74) is 1.20. The van der Waals surface area contributed by atoms with Crippen molar-refractivity contribution in [2.45, 2.75) is 52.0 Å². The molecule has 98 valence electrons. The Balaban J connectivity index is 2.61. The van der Waals surface area contributed by atoms with Crippen LogP contribution >= 0.6 is 0 Å². The number of hydrogen-bond acceptors (Lipinski definition) is 2. The Labute approximate surface area is 106 Å². The van der Waals surface area contributed by atoms with Gasteiger partial charge in [-0.05, 0) is 31.9 Å². The van der Waals surface area contributed by atoms with Crippen LogP contribution in [0.5, 0.6) is 0 Å². The van der Waals surface area contributed by atoms with Crippen LogP contribution in [0.2, 0.25) is 0 Å². The zero-order valence-corrected chi connectivity index (χ0v) is 11.7. The SMILES string of the molecule is CCCC(CCC)C(Cc1ccn(C)n1)NC. The van der Waals surface area contributed by atoms with Crippen LogP contribution in [0.25, 0.3) is 0 Å². The molecule has 3 heteroatoms. The molecule has 17 heavy (non-hydrogen) atoms. The number of hydrogen-bond donors (Lipinski definition) is 1. The molecule has 1 N–H and O–H groups in total. The Bertz CT molecular complexity index is 300. The summed E-state index contributed by atoms with van der Waals surface area (Å²) in [4.78, 5) is 0. The highest BCUT2D eigenvalue weighted by molar-refractivity contribution is 5.02. The second-order valence-electron chi connectivity index (χ2n) is 4.92. The molecule has 1 heterocycles. The van der Waals surface area contributed by atoms with Gasteiger partial charge in [-0.3, -0.25) is 4.68 Å². The van der Waals surface area contributed by atoms with Gasteiger partial charge >= 0.3 is 0 Å². The minimum Gasteiger partial charge on any atom is -0.316 e. The number of nitrogens with zero attached hydrogens (tertiary/aromatic N) is 2. The summed E-state index contributed by atoms with van der Waals surface area (Å²) >= 11 is 0. The van der Waals surface area contributed by atoms with E-state index in [0.717, 1.165) is 12.3 Å². The predicted octanol–water partition coefficient (Wildman–Crippen LogP) is 2.77. The van der Waals surface area contributed by atoms with Crippen molar-refractivity contribution in [2.24, 2.45) is 13.0 Å². The van der Waals surface area contributed by atoms with Gasteiger partial charge in [0, 0.05) is 25.7 Å². The molecule has 1 aromatic heterocycles. The van der Waals surface area contributed by atoms with Crippen molar-refractivity contribution in [3.8, 4) is 0 Å². The molecule has 0 saturated carbocycles. The van der Waals surface area contributed by atoms with Crippen molar-refractivity contribution in [3.05, 3.63) is 18.0 Å². The fourth-order valence-electron chi connectivity index (χ4n) is 2.59. The molecule has 0 aliphatic carbocycles. The normalized spacial score (nSPS) is 13.2. The standard InChI is InChI=1S/C14H27N3/c1-5-7-12(8-6-2)14(15-3)11-13-9-10-17(4)16-13/h9-10,12,14-15H,5-8,11H2,1-4H3. The summed E-state index contributed by atoms with van der Waals surface area (Å²) < 4.78 is 1.89. The third kappa shape index (κ3) is 4.50. The quantitative estimate of drug-likeness (QED) is 0.753. The second kappa shape index (κ2) is 7.49. The molecular weight excluding hydrogens is 210 g/mol. The number of likely N-dealkylation sites (N-methyl/N-ethyl adjacent to an activating group) is 1. The first-order valence-corrected chi connectivity index (χ1v) is 6.87. The van der Waals surface area contributed by atoms with E-state index in [1.807, 2.05) is 17.9 Å². The van der Waals surface area contributed by atoms with Crippen LogP contribution in [0.3, 0.4) is 0 Å². The van der Waals surface area contributed by atoms with Gasteiger partial charge in [0.15, 0.2) is 0 Å². The van der Waals surface area contributed by atoms with E-state index in [1.54, 1.807) is 0 Å². The first kappa shape index (κ1) is 14.2. The van der Waals surface area contributed by atoms with Gasteiger partial charge in [-0.2, -0.15) is 5.10 Å². The lowest BCUT2D eigenvalue weighted by molar-refractivity contribution is 0.320. The van der Waals surface area contributed by atoms with Gasteiger partial charge in [-0.15, -0.1) is 0 Å². The monoisotopic (exact) mass is 237 g/mol. The van der Waals surface area contributed by atoms with Crippen LogP contribution in [0.1, 0.15) is 45.2 Å². The smallest absolute Gasteiger partial charge is 0.0640 e. The van der Waals surface area contributed by atoms with Crippen LogP contribution in [0.15, 0.2) is 12.3 Å². The van der Waals surface area contributed by atoms with Crippen molar-refractivity contribution in [3.63, 3.8) is 0 Å². The zero-order valence-electron chi connectivity index (χ0n) is 11.7. The van der Waals surface area contributed by atoms with E-state index in [4.69, 9.17) is 0 Å². The summed E-state index contributed by atoms with van der Waals surface area (Å²) in [7, 11) is 4.05. The lowest BCUT2D eigenvalue weighted by Crippen LogP contribution is -2.35. The fourth-order valence-corrected chi connectivity index (χ4v) is 2.59. The fraction of sp³-hybridized carbons (Fsp3) is 0.786. The molecular formula is C14H27N3. The van der Waals surface area contributed by atoms with E-state index >= 15 is 0 Å². The summed E-state index contributed by atoms with van der Waals surface area (Å²) in [5.74, 6) is 0.775. The number of aromatic nitrogens is 2. The third-order valence-electron chi connectivity index (χ3n) is 3.46. The van der Waals surface area contributed by atoms with Gasteiger partial charge in [-0.25, -0.2) is 0 Å². The Morgan fingerprint density at radius 1 is 1.29 bits per heavy atom. The Kier molecular flexibility index (Phi) is 6.27. The molecule has 0 saturated heterocycles. The molecule has 0 fully saturated rings. The van der Waals surface area contributed by atoms with Gasteiger partial charge < -0.3 is 5.32 Å². The van der Waals surface area contributed by atoms with Crippen LogP contribution in [0, 0.1) is 5.92 Å². The molecule has 1 rings (SSSR count). The van der Waals surface area contributed by atoms with E-state index in [1.165, 1.54) is 31.4 Å². The molecule has 0 aliphatic heterocycles. The van der Waals surface area contributed by atoms with Gasteiger partial charge in [0.1, 0.15) is 0 Å². The highest BCUT2D eigenvalue weighted by atomic mass is 15.2. The van der Waals surface area contributed by atoms with Gasteiger partial charge in [0.2, 0.25) is 0 Å². The van der Waals surface area contributed by atoms with Crippen LogP contribution in [-0.2, 0) is 13.5 Å². The predicted molar refractivity (Wildman–Crippen MR) is 73.1 cm³/mol. The van der Waals surface area contributed by atoms with Gasteiger partial charge in [-0.1, -0.05) is 26.7 Å². The van der Waals surface area contributed by atoms with Gasteiger partial charge in [0.05, 0.1) is 5.69 Å². The Morgan fingerprint density at radius 3 is 2.35 bits per heavy atom. The van der Waals surface area contributed by atoms with Crippen molar-refractivity contribution >= 4 is 0 Å². The molecule has 1 aromatic rings. The average Bonchev–Trinajstić information content (AvgIpc) is 2.72. The summed E-state index contributed by atoms with van der Waals surface area (Å²) in [5, 5.41) is 7.96. The van der Waals surface area contributed by atoms with Crippen LogP contribution < -0.4 is 5.32 Å². The maximum Gasteiger partial charge on any atom is 0.0640 e. The highest BCUT2D eigenvalue weighted by Gasteiger charge is 2.19. The van der Waals surface area contributed by atoms with E-state index < -0.39 is 0 Å². The van der Waals surface area contributed by atoms with Crippen LogP contribution in [0.4, 0.5) is 0 Å². The van der Waals surface area contributed by atoms with E-state index in [0.29, 0.717) is 6.04 Å². The number of aryl methyl sites for hydroxylation is 1. The Morgan fingerprint density at radius 2 is 1.94 bits per heavy atom. The van der Waals surface area contributed by atoms with E-state index in [9.17, 15) is 0 Å². The van der Waals surface area contributed by atoms with E-state index in [-0.39, 0.29) is 0 Å². The number of rotatable bonds is 8. The number of nitrogens with one attached hydrogen (secondary N) is 1. The van der Waals surface area contributed by atoms with Crippen molar-refractivity contribution < 1.29 is 0 Å². The molecule has 1 unspecified atom stereocenters. The maximum absolute atomic E-state index is 4.48. The lowest BCUT2D eigenvalue weighted by Gasteiger charge is -2.26. The minimum atomic E-state index is 0.560. The second-order valence-corrected chi connectivity index (χ2v) is 4.92. The molecule has 3 nitrogen and oxygen atoms in total. The van der Waals surface area contributed by atoms with Crippen molar-refractivity contribution in [1.82, 2.24) is 15.1 Å². The first-order chi connectivity index (χ1) is 8.21. The van der Waals surface area contributed by atoms with Gasteiger partial charge in [0.25, 0.3) is 0 Å². The highest BCUT2D eigenvalue weighted by Crippen LogP contribution is 2.20. The molecule has 1 atom stereocenters. The van der Waals surface area contributed by atoms with E-state index in [2.05, 4.69) is 37.4 Å². The first-order valence-electron chi connectivity index (χ1n) is 6.87. The maximum atomic E-state index is 4.48. The largest absolute Gasteiger partial charge is 0.316 e. The molecule has 0 aliphatic rings. The minimum absolute atomic E-state index is 0.560. The lowest BCUT2D eigenvalue weighted by atomic mass is 9.88. The van der Waals surface area contributed by atoms with Crippen molar-refractivity contribution in [1.29, 1.82) is 0 Å². The molecule has 0 spiro atoms. The van der Waals surface area contributed by atoms with Crippen molar-refractivity contribution in [2.75, 3.05) is 7.05 Å². The molecule has 0 bridgehead atoms. The average molecular weight is 237 g/mol. The summed E-state index contributed by atoms with van der Waals surface area (Å²) in [6.45, 7) is 4.55. The molecule has 0 amide bonds. The summed E-state index contributed by atoms with van der Waals surface area (Å²) in [6, 6.07) is 2.68. The Hall–Kier alpha value is -0.830. The molecule has 0 aromatic carbocycles. The summed E-state index contributed by atoms with van der Waals surface area (Å²) in [6.07, 6.45) is 8.23. The molecule has 0 radical (unpaired) electrons. The van der Waals surface area contributed by atoms with Crippen LogP contribution in [-0.4, -0.2) is 22.9 Å². The zero-order chi connectivity index (χ0) is 12.7. The third-order valence-corrected chi connectivity index (χ3v) is 3.46.